The molecule has 0 saturated heterocycles. The lowest BCUT2D eigenvalue weighted by atomic mass is 10.2. The first-order chi connectivity index (χ1) is 8.63. The number of ether oxygens (including phenoxy) is 2. The van der Waals surface area contributed by atoms with E-state index in [1.54, 1.807) is 7.11 Å². The molecule has 0 aliphatic carbocycles. The Kier molecular flexibility index (Phi) is 7.09. The highest BCUT2D eigenvalue weighted by Gasteiger charge is 2.05. The van der Waals surface area contributed by atoms with Gasteiger partial charge in [-0.1, -0.05) is 25.4 Å². The molecule has 0 heterocycles. The quantitative estimate of drug-likeness (QED) is 0.737. The van der Waals surface area contributed by atoms with Crippen LogP contribution in [-0.2, 0) is 11.3 Å². The van der Waals surface area contributed by atoms with E-state index in [0.29, 0.717) is 19.1 Å². The lowest BCUT2D eigenvalue weighted by Gasteiger charge is -2.13. The molecule has 4 heteroatoms. The van der Waals surface area contributed by atoms with Crippen LogP contribution in [-0.4, -0.2) is 26.9 Å². The van der Waals surface area contributed by atoms with Crippen molar-refractivity contribution in [2.75, 3.05) is 26.9 Å². The molecule has 0 spiro atoms. The molecular formula is C14H22ClNO2. The standard InChI is InChI=1S/C14H22ClNO2/c1-11(2)9-16-10-12-8-13(15)4-5-14(12)18-7-6-17-3/h4-5,8,11,16H,6-7,9-10H2,1-3H3. The van der Waals surface area contributed by atoms with Crippen LogP contribution < -0.4 is 10.1 Å². The molecular weight excluding hydrogens is 250 g/mol. The van der Waals surface area contributed by atoms with Gasteiger partial charge in [0.2, 0.25) is 0 Å². The summed E-state index contributed by atoms with van der Waals surface area (Å²) in [5, 5.41) is 4.12. The average molecular weight is 272 g/mol. The fraction of sp³-hybridized carbons (Fsp3) is 0.571. The van der Waals surface area contributed by atoms with Gasteiger partial charge in [0, 0.05) is 24.2 Å². The molecule has 1 aromatic rings. The molecule has 0 unspecified atom stereocenters. The van der Waals surface area contributed by atoms with Crippen molar-refractivity contribution in [2.45, 2.75) is 20.4 Å². The number of hydrogen-bond acceptors (Lipinski definition) is 3. The van der Waals surface area contributed by atoms with Crippen molar-refractivity contribution in [3.63, 3.8) is 0 Å². The Bertz CT molecular complexity index is 356. The first kappa shape index (κ1) is 15.3. The molecule has 0 radical (unpaired) electrons. The van der Waals surface area contributed by atoms with Crippen LogP contribution >= 0.6 is 11.6 Å². The summed E-state index contributed by atoms with van der Waals surface area (Å²) >= 11 is 6.01. The Morgan fingerprint density at radius 3 is 2.72 bits per heavy atom. The summed E-state index contributed by atoms with van der Waals surface area (Å²) in [5.74, 6) is 1.50. The molecule has 0 aliphatic heterocycles. The highest BCUT2D eigenvalue weighted by Crippen LogP contribution is 2.22. The Morgan fingerprint density at radius 2 is 2.06 bits per heavy atom. The Hall–Kier alpha value is -0.770. The molecule has 1 rings (SSSR count). The second kappa shape index (κ2) is 8.35. The first-order valence-electron chi connectivity index (χ1n) is 6.24. The zero-order chi connectivity index (χ0) is 13.4. The molecule has 1 aromatic carbocycles. The van der Waals surface area contributed by atoms with Gasteiger partial charge < -0.3 is 14.8 Å². The van der Waals surface area contributed by atoms with E-state index in [1.807, 2.05) is 18.2 Å². The third kappa shape index (κ3) is 5.71. The summed E-state index contributed by atoms with van der Waals surface area (Å²) in [6.45, 7) is 7.24. The van der Waals surface area contributed by atoms with Crippen molar-refractivity contribution in [2.24, 2.45) is 5.92 Å². The van der Waals surface area contributed by atoms with Crippen molar-refractivity contribution in [3.8, 4) is 5.75 Å². The topological polar surface area (TPSA) is 30.5 Å². The smallest absolute Gasteiger partial charge is 0.124 e. The average Bonchev–Trinajstić information content (AvgIpc) is 2.31. The van der Waals surface area contributed by atoms with Gasteiger partial charge in [0.05, 0.1) is 6.61 Å². The highest BCUT2D eigenvalue weighted by atomic mass is 35.5. The number of rotatable bonds is 8. The van der Waals surface area contributed by atoms with Gasteiger partial charge in [-0.05, 0) is 30.7 Å². The van der Waals surface area contributed by atoms with Crippen LogP contribution in [0.15, 0.2) is 18.2 Å². The van der Waals surface area contributed by atoms with Crippen molar-refractivity contribution in [1.29, 1.82) is 0 Å². The molecule has 3 nitrogen and oxygen atoms in total. The third-order valence-corrected chi connectivity index (χ3v) is 2.67. The van der Waals surface area contributed by atoms with E-state index in [1.165, 1.54) is 0 Å². The van der Waals surface area contributed by atoms with E-state index in [-0.39, 0.29) is 0 Å². The van der Waals surface area contributed by atoms with Gasteiger partial charge in [-0.25, -0.2) is 0 Å². The molecule has 1 N–H and O–H groups in total. The van der Waals surface area contributed by atoms with Gasteiger partial charge in [-0.15, -0.1) is 0 Å². The van der Waals surface area contributed by atoms with E-state index in [4.69, 9.17) is 21.1 Å². The lowest BCUT2D eigenvalue weighted by molar-refractivity contribution is 0.145. The van der Waals surface area contributed by atoms with Crippen LogP contribution in [0.3, 0.4) is 0 Å². The molecule has 0 aliphatic rings. The number of hydrogen-bond donors (Lipinski definition) is 1. The summed E-state index contributed by atoms with van der Waals surface area (Å²) in [4.78, 5) is 0. The minimum atomic E-state index is 0.551. The van der Waals surface area contributed by atoms with Crippen molar-refractivity contribution in [3.05, 3.63) is 28.8 Å². The Balaban J connectivity index is 2.58. The van der Waals surface area contributed by atoms with E-state index in [9.17, 15) is 0 Å². The van der Waals surface area contributed by atoms with Gasteiger partial charge in [-0.3, -0.25) is 0 Å². The third-order valence-electron chi connectivity index (χ3n) is 2.44. The van der Waals surface area contributed by atoms with E-state index in [0.717, 1.165) is 29.4 Å². The Morgan fingerprint density at radius 1 is 1.28 bits per heavy atom. The minimum absolute atomic E-state index is 0.551. The fourth-order valence-corrected chi connectivity index (χ4v) is 1.75. The zero-order valence-electron chi connectivity index (χ0n) is 11.3. The maximum Gasteiger partial charge on any atom is 0.124 e. The van der Waals surface area contributed by atoms with Gasteiger partial charge in [0.15, 0.2) is 0 Å². The number of halogens is 1. The largest absolute Gasteiger partial charge is 0.491 e. The monoisotopic (exact) mass is 271 g/mol. The van der Waals surface area contributed by atoms with Crippen LogP contribution in [0.2, 0.25) is 5.02 Å². The van der Waals surface area contributed by atoms with Crippen LogP contribution in [0.4, 0.5) is 0 Å². The van der Waals surface area contributed by atoms with E-state index >= 15 is 0 Å². The molecule has 102 valence electrons. The maximum absolute atomic E-state index is 6.01. The molecule has 0 bridgehead atoms. The van der Waals surface area contributed by atoms with E-state index < -0.39 is 0 Å². The zero-order valence-corrected chi connectivity index (χ0v) is 12.1. The minimum Gasteiger partial charge on any atom is -0.491 e. The summed E-state index contributed by atoms with van der Waals surface area (Å²) in [5.41, 5.74) is 1.08. The molecule has 0 aromatic heterocycles. The molecule has 0 saturated carbocycles. The first-order valence-corrected chi connectivity index (χ1v) is 6.62. The van der Waals surface area contributed by atoms with E-state index in [2.05, 4.69) is 19.2 Å². The van der Waals surface area contributed by atoms with Crippen molar-refractivity contribution in [1.82, 2.24) is 5.32 Å². The second-order valence-electron chi connectivity index (χ2n) is 4.62. The molecule has 0 atom stereocenters. The summed E-state index contributed by atoms with van der Waals surface area (Å²) < 4.78 is 10.6. The van der Waals surface area contributed by atoms with Crippen molar-refractivity contribution < 1.29 is 9.47 Å². The van der Waals surface area contributed by atoms with Crippen LogP contribution in [0.25, 0.3) is 0 Å². The molecule has 0 fully saturated rings. The predicted octanol–water partition coefficient (Wildman–Crippen LogP) is 3.11. The second-order valence-corrected chi connectivity index (χ2v) is 5.05. The summed E-state index contributed by atoms with van der Waals surface area (Å²) in [6.07, 6.45) is 0. The number of nitrogens with one attached hydrogen (secondary N) is 1. The van der Waals surface area contributed by atoms with Crippen LogP contribution in [0.1, 0.15) is 19.4 Å². The number of methoxy groups -OCH3 is 1. The number of benzene rings is 1. The fourth-order valence-electron chi connectivity index (χ4n) is 1.56. The van der Waals surface area contributed by atoms with Gasteiger partial charge in [-0.2, -0.15) is 0 Å². The normalized spacial score (nSPS) is 10.9. The van der Waals surface area contributed by atoms with Crippen LogP contribution in [0, 0.1) is 5.92 Å². The summed E-state index contributed by atoms with van der Waals surface area (Å²) in [6, 6.07) is 5.69. The van der Waals surface area contributed by atoms with Crippen LogP contribution in [0.5, 0.6) is 5.75 Å². The lowest BCUT2D eigenvalue weighted by Crippen LogP contribution is -2.19. The SMILES string of the molecule is COCCOc1ccc(Cl)cc1CNCC(C)C. The van der Waals surface area contributed by atoms with Gasteiger partial charge in [0.1, 0.15) is 12.4 Å². The predicted molar refractivity (Wildman–Crippen MR) is 75.4 cm³/mol. The Labute approximate surface area is 114 Å². The maximum atomic E-state index is 6.01. The highest BCUT2D eigenvalue weighted by molar-refractivity contribution is 6.30. The summed E-state index contributed by atoms with van der Waals surface area (Å²) in [7, 11) is 1.66. The van der Waals surface area contributed by atoms with Gasteiger partial charge >= 0.3 is 0 Å². The van der Waals surface area contributed by atoms with Crippen molar-refractivity contribution >= 4 is 11.6 Å². The molecule has 18 heavy (non-hydrogen) atoms. The molecule has 0 amide bonds. The van der Waals surface area contributed by atoms with Gasteiger partial charge in [0.25, 0.3) is 0 Å².